The molecule has 1 aromatic rings. The van der Waals surface area contributed by atoms with Crippen LogP contribution < -0.4 is 5.32 Å². The summed E-state index contributed by atoms with van der Waals surface area (Å²) in [6, 6.07) is 6.45. The van der Waals surface area contributed by atoms with E-state index in [1.54, 1.807) is 0 Å². The third-order valence-electron chi connectivity index (χ3n) is 4.44. The fraction of sp³-hybridized carbons (Fsp3) is 0.562. The third-order valence-corrected chi connectivity index (χ3v) is 4.44. The minimum atomic E-state index is -0.263. The number of anilines is 1. The molecule has 0 radical (unpaired) electrons. The molecule has 1 aliphatic heterocycles. The van der Waals surface area contributed by atoms with Crippen LogP contribution in [-0.4, -0.2) is 41.1 Å². The molecule has 1 heterocycles. The summed E-state index contributed by atoms with van der Waals surface area (Å²) in [5.74, 6) is 0.0530. The van der Waals surface area contributed by atoms with Crippen LogP contribution in [-0.2, 0) is 17.6 Å². The number of carbonyl (C=O) groups is 1. The van der Waals surface area contributed by atoms with E-state index in [9.17, 15) is 9.90 Å². The van der Waals surface area contributed by atoms with Crippen molar-refractivity contribution in [2.24, 2.45) is 0 Å². The Kier molecular flexibility index (Phi) is 3.76. The second-order valence-corrected chi connectivity index (χ2v) is 6.06. The highest BCUT2D eigenvalue weighted by molar-refractivity contribution is 5.92. The Morgan fingerprint density at radius 3 is 2.95 bits per heavy atom. The van der Waals surface area contributed by atoms with E-state index in [4.69, 9.17) is 0 Å². The minimum Gasteiger partial charge on any atom is -0.392 e. The Bertz CT molecular complexity index is 515. The van der Waals surface area contributed by atoms with Gasteiger partial charge in [0.2, 0.25) is 5.91 Å². The van der Waals surface area contributed by atoms with Crippen LogP contribution in [0, 0.1) is 0 Å². The summed E-state index contributed by atoms with van der Waals surface area (Å²) in [5.41, 5.74) is 3.20. The number of nitrogens with zero attached hydrogens (tertiary/aromatic N) is 1. The quantitative estimate of drug-likeness (QED) is 0.879. The molecule has 1 aromatic carbocycles. The van der Waals surface area contributed by atoms with Crippen LogP contribution >= 0.6 is 0 Å². The van der Waals surface area contributed by atoms with E-state index >= 15 is 0 Å². The van der Waals surface area contributed by atoms with Crippen molar-refractivity contribution in [3.63, 3.8) is 0 Å². The first-order valence-corrected chi connectivity index (χ1v) is 7.45. The predicted molar refractivity (Wildman–Crippen MR) is 78.8 cm³/mol. The van der Waals surface area contributed by atoms with Crippen LogP contribution in [0.15, 0.2) is 18.2 Å². The van der Waals surface area contributed by atoms with Gasteiger partial charge in [-0.25, -0.2) is 0 Å². The SMILES string of the molecule is CC1CCCN1CC(=O)Nc1ccc2c(c1)CC(O)C2. The van der Waals surface area contributed by atoms with Gasteiger partial charge in [0, 0.05) is 11.7 Å². The second kappa shape index (κ2) is 5.54. The average Bonchev–Trinajstić information content (AvgIpc) is 2.94. The molecule has 1 fully saturated rings. The van der Waals surface area contributed by atoms with Gasteiger partial charge in [0.1, 0.15) is 0 Å². The average molecular weight is 274 g/mol. The van der Waals surface area contributed by atoms with Crippen molar-refractivity contribution < 1.29 is 9.90 Å². The summed E-state index contributed by atoms with van der Waals surface area (Å²) >= 11 is 0. The number of aliphatic hydroxyl groups is 1. The van der Waals surface area contributed by atoms with Crippen LogP contribution in [0.4, 0.5) is 5.69 Å². The summed E-state index contributed by atoms with van der Waals surface area (Å²) in [6.45, 7) is 3.67. The zero-order valence-electron chi connectivity index (χ0n) is 11.9. The van der Waals surface area contributed by atoms with Gasteiger partial charge in [-0.1, -0.05) is 6.07 Å². The monoisotopic (exact) mass is 274 g/mol. The number of fused-ring (bicyclic) bond motifs is 1. The van der Waals surface area contributed by atoms with Gasteiger partial charge in [-0.05, 0) is 62.4 Å². The maximum Gasteiger partial charge on any atom is 0.238 e. The van der Waals surface area contributed by atoms with Crippen LogP contribution in [0.2, 0.25) is 0 Å². The van der Waals surface area contributed by atoms with Crippen LogP contribution in [0.5, 0.6) is 0 Å². The first-order valence-electron chi connectivity index (χ1n) is 7.45. The van der Waals surface area contributed by atoms with Crippen molar-refractivity contribution >= 4 is 11.6 Å². The molecule has 2 aliphatic rings. The van der Waals surface area contributed by atoms with Crippen molar-refractivity contribution in [2.45, 2.75) is 44.8 Å². The fourth-order valence-corrected chi connectivity index (χ4v) is 3.29. The maximum absolute atomic E-state index is 12.1. The predicted octanol–water partition coefficient (Wildman–Crippen LogP) is 1.57. The molecule has 2 N–H and O–H groups in total. The molecule has 108 valence electrons. The van der Waals surface area contributed by atoms with Gasteiger partial charge in [-0.15, -0.1) is 0 Å². The van der Waals surface area contributed by atoms with Gasteiger partial charge < -0.3 is 10.4 Å². The molecule has 2 atom stereocenters. The van der Waals surface area contributed by atoms with E-state index in [2.05, 4.69) is 17.1 Å². The molecule has 1 saturated heterocycles. The topological polar surface area (TPSA) is 52.6 Å². The Hall–Kier alpha value is -1.39. The van der Waals surface area contributed by atoms with Crippen LogP contribution in [0.1, 0.15) is 30.9 Å². The lowest BCUT2D eigenvalue weighted by molar-refractivity contribution is -0.117. The second-order valence-electron chi connectivity index (χ2n) is 6.06. The van der Waals surface area contributed by atoms with Gasteiger partial charge in [-0.3, -0.25) is 9.69 Å². The van der Waals surface area contributed by atoms with Gasteiger partial charge in [-0.2, -0.15) is 0 Å². The number of likely N-dealkylation sites (tertiary alicyclic amines) is 1. The minimum absolute atomic E-state index is 0.0530. The number of hydrogen-bond donors (Lipinski definition) is 2. The number of aliphatic hydroxyl groups excluding tert-OH is 1. The lowest BCUT2D eigenvalue weighted by Gasteiger charge is -2.20. The van der Waals surface area contributed by atoms with E-state index in [1.165, 1.54) is 18.4 Å². The molecule has 0 aromatic heterocycles. The largest absolute Gasteiger partial charge is 0.392 e. The summed E-state index contributed by atoms with van der Waals surface area (Å²) in [4.78, 5) is 14.3. The van der Waals surface area contributed by atoms with Crippen LogP contribution in [0.25, 0.3) is 0 Å². The van der Waals surface area contributed by atoms with E-state index in [0.29, 0.717) is 19.0 Å². The normalized spacial score (nSPS) is 25.7. The number of amides is 1. The fourth-order valence-electron chi connectivity index (χ4n) is 3.29. The maximum atomic E-state index is 12.1. The molecule has 0 spiro atoms. The molecule has 3 rings (SSSR count). The Balaban J connectivity index is 1.60. The summed E-state index contributed by atoms with van der Waals surface area (Å²) in [7, 11) is 0. The molecule has 1 aliphatic carbocycles. The van der Waals surface area contributed by atoms with Crippen molar-refractivity contribution in [1.29, 1.82) is 0 Å². The number of nitrogens with one attached hydrogen (secondary N) is 1. The number of rotatable bonds is 3. The van der Waals surface area contributed by atoms with Crippen molar-refractivity contribution in [1.82, 2.24) is 4.90 Å². The molecule has 4 heteroatoms. The highest BCUT2D eigenvalue weighted by Gasteiger charge is 2.23. The lowest BCUT2D eigenvalue weighted by Crippen LogP contribution is -2.35. The van der Waals surface area contributed by atoms with E-state index in [0.717, 1.165) is 24.2 Å². The number of carbonyl (C=O) groups excluding carboxylic acids is 1. The molecule has 0 saturated carbocycles. The van der Waals surface area contributed by atoms with Crippen LogP contribution in [0.3, 0.4) is 0 Å². The summed E-state index contributed by atoms with van der Waals surface area (Å²) in [6.07, 6.45) is 3.54. The zero-order chi connectivity index (χ0) is 14.1. The Morgan fingerprint density at radius 2 is 2.20 bits per heavy atom. The molecule has 1 amide bonds. The third kappa shape index (κ3) is 2.86. The van der Waals surface area contributed by atoms with Crippen molar-refractivity contribution in [3.05, 3.63) is 29.3 Å². The Morgan fingerprint density at radius 1 is 1.40 bits per heavy atom. The molecule has 20 heavy (non-hydrogen) atoms. The van der Waals surface area contributed by atoms with Gasteiger partial charge in [0.15, 0.2) is 0 Å². The van der Waals surface area contributed by atoms with Crippen molar-refractivity contribution in [3.8, 4) is 0 Å². The molecule has 2 unspecified atom stereocenters. The number of hydrogen-bond acceptors (Lipinski definition) is 3. The lowest BCUT2D eigenvalue weighted by atomic mass is 10.1. The van der Waals surface area contributed by atoms with Gasteiger partial charge in [0.05, 0.1) is 12.6 Å². The van der Waals surface area contributed by atoms with E-state index < -0.39 is 0 Å². The Labute approximate surface area is 119 Å². The molecular weight excluding hydrogens is 252 g/mol. The number of benzene rings is 1. The molecule has 4 nitrogen and oxygen atoms in total. The van der Waals surface area contributed by atoms with E-state index in [-0.39, 0.29) is 12.0 Å². The standard InChI is InChI=1S/C16H22N2O2/c1-11-3-2-6-18(11)10-16(20)17-14-5-4-12-8-15(19)9-13(12)7-14/h4-5,7,11,15,19H,2-3,6,8-10H2,1H3,(H,17,20). The van der Waals surface area contributed by atoms with E-state index in [1.807, 2.05) is 18.2 Å². The summed E-state index contributed by atoms with van der Waals surface area (Å²) in [5, 5.41) is 12.6. The first kappa shape index (κ1) is 13.6. The molecule has 0 bridgehead atoms. The highest BCUT2D eigenvalue weighted by Crippen LogP contribution is 2.25. The van der Waals surface area contributed by atoms with Gasteiger partial charge in [0.25, 0.3) is 0 Å². The smallest absolute Gasteiger partial charge is 0.238 e. The van der Waals surface area contributed by atoms with Crippen molar-refractivity contribution in [2.75, 3.05) is 18.4 Å². The van der Waals surface area contributed by atoms with Gasteiger partial charge >= 0.3 is 0 Å². The first-order chi connectivity index (χ1) is 9.61. The molecular formula is C16H22N2O2. The zero-order valence-corrected chi connectivity index (χ0v) is 11.9. The highest BCUT2D eigenvalue weighted by atomic mass is 16.3. The summed E-state index contributed by atoms with van der Waals surface area (Å²) < 4.78 is 0.